The lowest BCUT2D eigenvalue weighted by molar-refractivity contribution is -0.275. The van der Waals surface area contributed by atoms with Crippen molar-refractivity contribution in [3.63, 3.8) is 0 Å². The molecular formula is C50H52O6. The smallest absolute Gasteiger partial charge is 0.122 e. The fourth-order valence-electron chi connectivity index (χ4n) is 7.28. The van der Waals surface area contributed by atoms with Crippen molar-refractivity contribution in [3.8, 4) is 5.75 Å². The van der Waals surface area contributed by atoms with Crippen LogP contribution in [-0.4, -0.2) is 38.1 Å². The van der Waals surface area contributed by atoms with Gasteiger partial charge in [-0.05, 0) is 63.1 Å². The molecule has 6 aromatic carbocycles. The van der Waals surface area contributed by atoms with E-state index in [0.717, 1.165) is 45.6 Å². The van der Waals surface area contributed by atoms with Crippen molar-refractivity contribution in [2.75, 3.05) is 13.7 Å². The van der Waals surface area contributed by atoms with Crippen molar-refractivity contribution in [3.05, 3.63) is 208 Å². The number of methoxy groups -OCH3 is 1. The molecule has 0 bridgehead atoms. The zero-order valence-corrected chi connectivity index (χ0v) is 32.4. The van der Waals surface area contributed by atoms with Gasteiger partial charge in [-0.2, -0.15) is 0 Å². The number of ether oxygens (including phenoxy) is 6. The fraction of sp³-hybridized carbons (Fsp3) is 0.280. The molecule has 6 nitrogen and oxygen atoms in total. The summed E-state index contributed by atoms with van der Waals surface area (Å²) in [5.41, 5.74) is 8.86. The van der Waals surface area contributed by atoms with Gasteiger partial charge in [0, 0.05) is 6.42 Å². The molecule has 6 heteroatoms. The summed E-state index contributed by atoms with van der Waals surface area (Å²) in [6.07, 6.45) is -0.827. The van der Waals surface area contributed by atoms with Crippen LogP contribution >= 0.6 is 0 Å². The Kier molecular flexibility index (Phi) is 14.1. The van der Waals surface area contributed by atoms with E-state index in [9.17, 15) is 0 Å². The molecule has 0 N–H and O–H groups in total. The molecule has 5 unspecified atom stereocenters. The van der Waals surface area contributed by atoms with Crippen molar-refractivity contribution in [2.45, 2.75) is 76.7 Å². The van der Waals surface area contributed by atoms with E-state index in [1.807, 2.05) is 78.9 Å². The molecule has 56 heavy (non-hydrogen) atoms. The lowest BCUT2D eigenvalue weighted by Crippen LogP contribution is -2.58. The van der Waals surface area contributed by atoms with Gasteiger partial charge in [-0.3, -0.25) is 0 Å². The molecule has 1 fully saturated rings. The van der Waals surface area contributed by atoms with Crippen molar-refractivity contribution in [1.29, 1.82) is 0 Å². The monoisotopic (exact) mass is 748 g/mol. The second kappa shape index (κ2) is 20.2. The lowest BCUT2D eigenvalue weighted by atomic mass is 9.89. The molecule has 6 aromatic rings. The molecule has 288 valence electrons. The quantitative estimate of drug-likeness (QED) is 0.0873. The number of hydrogen-bond acceptors (Lipinski definition) is 6. The van der Waals surface area contributed by atoms with E-state index in [-0.39, 0.29) is 0 Å². The minimum atomic E-state index is -0.532. The predicted molar refractivity (Wildman–Crippen MR) is 220 cm³/mol. The minimum Gasteiger partial charge on any atom is -0.496 e. The summed E-state index contributed by atoms with van der Waals surface area (Å²) >= 11 is 0. The van der Waals surface area contributed by atoms with Gasteiger partial charge in [0.15, 0.2) is 0 Å². The second-order valence-electron chi connectivity index (χ2n) is 14.3. The van der Waals surface area contributed by atoms with Crippen molar-refractivity contribution < 1.29 is 28.4 Å². The summed E-state index contributed by atoms with van der Waals surface area (Å²) < 4.78 is 40.4. The first kappa shape index (κ1) is 39.2. The first-order valence-electron chi connectivity index (χ1n) is 19.6. The van der Waals surface area contributed by atoms with Gasteiger partial charge in [0.2, 0.25) is 0 Å². The molecule has 0 saturated carbocycles. The van der Waals surface area contributed by atoms with Crippen LogP contribution in [-0.2, 0) is 63.0 Å². The van der Waals surface area contributed by atoms with E-state index in [4.69, 9.17) is 28.4 Å². The van der Waals surface area contributed by atoms with E-state index >= 15 is 0 Å². The van der Waals surface area contributed by atoms with E-state index in [0.29, 0.717) is 39.5 Å². The van der Waals surface area contributed by atoms with Gasteiger partial charge in [0.1, 0.15) is 36.3 Å². The molecule has 1 saturated heterocycles. The molecule has 0 spiro atoms. The Morgan fingerprint density at radius 3 is 1.48 bits per heavy atom. The average Bonchev–Trinajstić information content (AvgIpc) is 3.26. The zero-order valence-electron chi connectivity index (χ0n) is 32.4. The predicted octanol–water partition coefficient (Wildman–Crippen LogP) is 10.3. The van der Waals surface area contributed by atoms with Crippen molar-refractivity contribution >= 4 is 0 Å². The second-order valence-corrected chi connectivity index (χ2v) is 14.3. The largest absolute Gasteiger partial charge is 0.496 e. The van der Waals surface area contributed by atoms with Crippen LogP contribution in [0.2, 0.25) is 0 Å². The van der Waals surface area contributed by atoms with Gasteiger partial charge in [-0.25, -0.2) is 0 Å². The summed E-state index contributed by atoms with van der Waals surface area (Å²) in [6.45, 7) is 4.07. The summed E-state index contributed by atoms with van der Waals surface area (Å²) in [4.78, 5) is 0. The van der Waals surface area contributed by atoms with Crippen LogP contribution in [0.25, 0.3) is 0 Å². The number of hydrogen-bond donors (Lipinski definition) is 0. The van der Waals surface area contributed by atoms with E-state index < -0.39 is 30.5 Å². The molecular weight excluding hydrogens is 697 g/mol. The normalized spacial score (nSPS) is 19.4. The van der Waals surface area contributed by atoms with Gasteiger partial charge in [0.25, 0.3) is 0 Å². The summed E-state index contributed by atoms with van der Waals surface area (Å²) in [7, 11) is 1.73. The molecule has 1 aliphatic heterocycles. The van der Waals surface area contributed by atoms with Crippen LogP contribution in [0.5, 0.6) is 5.75 Å². The Morgan fingerprint density at radius 2 is 0.964 bits per heavy atom. The van der Waals surface area contributed by atoms with Crippen molar-refractivity contribution in [2.24, 2.45) is 0 Å². The Bertz CT molecular complexity index is 2020. The molecule has 1 heterocycles. The third kappa shape index (κ3) is 10.6. The standard InChI is InChI=1S/C50H52O6/c1-3-37-24-26-38(27-25-37)30-44-31-43(28-29-45(44)51-2)47-49(54-34-41-20-12-6-13-21-41)50(55-35-42-22-14-7-15-23-42)48(53-33-40-18-10-5-11-19-40)46(56-47)36-52-32-39-16-8-4-9-17-39/h4-29,31,46-50H,3,30,32-36H2,1-2H3. The maximum atomic E-state index is 7.21. The molecule has 1 aliphatic rings. The molecule has 5 atom stereocenters. The zero-order chi connectivity index (χ0) is 38.4. The Morgan fingerprint density at radius 1 is 0.482 bits per heavy atom. The molecule has 0 aliphatic carbocycles. The first-order chi connectivity index (χ1) is 27.7. The van der Waals surface area contributed by atoms with Crippen LogP contribution in [0.1, 0.15) is 57.5 Å². The van der Waals surface area contributed by atoms with Gasteiger partial charge in [-0.15, -0.1) is 0 Å². The highest BCUT2D eigenvalue weighted by molar-refractivity contribution is 5.42. The van der Waals surface area contributed by atoms with E-state index in [1.54, 1.807) is 7.11 Å². The van der Waals surface area contributed by atoms with Gasteiger partial charge in [0.05, 0.1) is 40.1 Å². The highest BCUT2D eigenvalue weighted by atomic mass is 16.6. The SMILES string of the molecule is CCc1ccc(Cc2cc(C3OC(COCc4ccccc4)C(OCc4ccccc4)C(OCc4ccccc4)C3OCc3ccccc3)ccc2OC)cc1. The Labute approximate surface area is 332 Å². The van der Waals surface area contributed by atoms with E-state index in [1.165, 1.54) is 11.1 Å². The van der Waals surface area contributed by atoms with Crippen LogP contribution in [0.15, 0.2) is 164 Å². The first-order valence-corrected chi connectivity index (χ1v) is 19.6. The topological polar surface area (TPSA) is 55.4 Å². The summed E-state index contributed by atoms with van der Waals surface area (Å²) in [5, 5.41) is 0. The number of rotatable bonds is 18. The van der Waals surface area contributed by atoms with Gasteiger partial charge in [-0.1, -0.05) is 159 Å². The highest BCUT2D eigenvalue weighted by Gasteiger charge is 2.49. The Balaban J connectivity index is 1.27. The lowest BCUT2D eigenvalue weighted by Gasteiger charge is -2.46. The number of benzene rings is 6. The van der Waals surface area contributed by atoms with Crippen molar-refractivity contribution in [1.82, 2.24) is 0 Å². The highest BCUT2D eigenvalue weighted by Crippen LogP contribution is 2.40. The summed E-state index contributed by atoms with van der Waals surface area (Å²) in [5.74, 6) is 0.828. The molecule has 0 aromatic heterocycles. The van der Waals surface area contributed by atoms with Crippen LogP contribution in [0, 0.1) is 0 Å². The fourth-order valence-corrected chi connectivity index (χ4v) is 7.28. The summed E-state index contributed by atoms with van der Waals surface area (Å²) in [6, 6.07) is 56.1. The maximum Gasteiger partial charge on any atom is 0.122 e. The van der Waals surface area contributed by atoms with Crippen LogP contribution in [0.4, 0.5) is 0 Å². The number of aryl methyl sites for hydroxylation is 1. The third-order valence-electron chi connectivity index (χ3n) is 10.3. The molecule has 7 rings (SSSR count). The third-order valence-corrected chi connectivity index (χ3v) is 10.3. The van der Waals surface area contributed by atoms with Crippen LogP contribution in [0.3, 0.4) is 0 Å². The maximum absolute atomic E-state index is 7.21. The van der Waals surface area contributed by atoms with Gasteiger partial charge < -0.3 is 28.4 Å². The molecule has 0 radical (unpaired) electrons. The molecule has 0 amide bonds. The van der Waals surface area contributed by atoms with Gasteiger partial charge >= 0.3 is 0 Å². The van der Waals surface area contributed by atoms with Crippen LogP contribution < -0.4 is 4.74 Å². The Hall–Kier alpha value is -5.08. The average molecular weight is 749 g/mol. The van der Waals surface area contributed by atoms with E-state index in [2.05, 4.69) is 91.9 Å². The minimum absolute atomic E-state index is 0.300.